The minimum Gasteiger partial charge on any atom is -0.481 e. The second kappa shape index (κ2) is 6.89. The molecule has 2 unspecified atom stereocenters. The molecule has 0 aromatic heterocycles. The monoisotopic (exact) mass is 271 g/mol. The third-order valence-electron chi connectivity index (χ3n) is 3.26. The van der Waals surface area contributed by atoms with Crippen LogP contribution >= 0.6 is 0 Å². The van der Waals surface area contributed by atoms with E-state index >= 15 is 0 Å². The highest BCUT2D eigenvalue weighted by atomic mass is 16.5. The van der Waals surface area contributed by atoms with Gasteiger partial charge in [0.05, 0.1) is 18.4 Å². The lowest BCUT2D eigenvalue weighted by Gasteiger charge is -2.25. The molecule has 0 spiro atoms. The molecule has 2 N–H and O–H groups in total. The molecule has 1 heterocycles. The highest BCUT2D eigenvalue weighted by molar-refractivity contribution is 5.79. The Morgan fingerprint density at radius 1 is 1.42 bits per heavy atom. The van der Waals surface area contributed by atoms with E-state index in [1.54, 1.807) is 0 Å². The first-order valence-electron chi connectivity index (χ1n) is 6.88. The van der Waals surface area contributed by atoms with E-state index in [0.717, 1.165) is 12.8 Å². The van der Waals surface area contributed by atoms with Crippen LogP contribution in [0.2, 0.25) is 0 Å². The van der Waals surface area contributed by atoms with Crippen molar-refractivity contribution in [2.75, 3.05) is 19.8 Å². The topological polar surface area (TPSA) is 75.6 Å². The van der Waals surface area contributed by atoms with Crippen molar-refractivity contribution in [3.05, 3.63) is 0 Å². The van der Waals surface area contributed by atoms with Crippen LogP contribution in [0.1, 0.15) is 40.0 Å². The molecule has 110 valence electrons. The second-order valence-electron chi connectivity index (χ2n) is 6.46. The van der Waals surface area contributed by atoms with Gasteiger partial charge in [-0.2, -0.15) is 0 Å². The van der Waals surface area contributed by atoms with E-state index in [0.29, 0.717) is 19.6 Å². The van der Waals surface area contributed by atoms with Crippen molar-refractivity contribution in [2.24, 2.45) is 17.3 Å². The van der Waals surface area contributed by atoms with Gasteiger partial charge in [-0.15, -0.1) is 0 Å². The summed E-state index contributed by atoms with van der Waals surface area (Å²) >= 11 is 0. The lowest BCUT2D eigenvalue weighted by molar-refractivity contribution is -0.143. The van der Waals surface area contributed by atoms with Gasteiger partial charge in [0.1, 0.15) is 0 Å². The maximum absolute atomic E-state index is 11.9. The summed E-state index contributed by atoms with van der Waals surface area (Å²) < 4.78 is 5.26. The van der Waals surface area contributed by atoms with Gasteiger partial charge in [0.15, 0.2) is 0 Å². The van der Waals surface area contributed by atoms with Crippen molar-refractivity contribution >= 4 is 11.9 Å². The third-order valence-corrected chi connectivity index (χ3v) is 3.26. The molecule has 1 amide bonds. The van der Waals surface area contributed by atoms with E-state index in [2.05, 4.69) is 5.32 Å². The van der Waals surface area contributed by atoms with E-state index in [9.17, 15) is 14.7 Å². The molecular formula is C14H25NO4. The van der Waals surface area contributed by atoms with Gasteiger partial charge < -0.3 is 15.2 Å². The maximum atomic E-state index is 11.9. The van der Waals surface area contributed by atoms with Crippen LogP contribution in [0.3, 0.4) is 0 Å². The zero-order chi connectivity index (χ0) is 14.5. The smallest absolute Gasteiger partial charge is 0.308 e. The first-order valence-corrected chi connectivity index (χ1v) is 6.88. The van der Waals surface area contributed by atoms with Gasteiger partial charge in [0, 0.05) is 13.2 Å². The molecule has 0 bridgehead atoms. The predicted molar refractivity (Wildman–Crippen MR) is 71.8 cm³/mol. The summed E-state index contributed by atoms with van der Waals surface area (Å²) in [6, 6.07) is 0. The van der Waals surface area contributed by atoms with Crippen LogP contribution in [-0.4, -0.2) is 36.7 Å². The number of ether oxygens (including phenoxy) is 1. The van der Waals surface area contributed by atoms with Crippen molar-refractivity contribution in [1.29, 1.82) is 0 Å². The van der Waals surface area contributed by atoms with Crippen molar-refractivity contribution in [3.63, 3.8) is 0 Å². The summed E-state index contributed by atoms with van der Waals surface area (Å²) in [5.74, 6) is -1.60. The number of carboxylic acids is 1. The molecule has 0 aromatic rings. The quantitative estimate of drug-likeness (QED) is 0.797. The highest BCUT2D eigenvalue weighted by Crippen LogP contribution is 2.24. The predicted octanol–water partition coefficient (Wildman–Crippen LogP) is 1.67. The maximum Gasteiger partial charge on any atom is 0.308 e. The van der Waals surface area contributed by atoms with Gasteiger partial charge in [-0.1, -0.05) is 20.8 Å². The van der Waals surface area contributed by atoms with Gasteiger partial charge in [-0.3, -0.25) is 9.59 Å². The molecule has 1 fully saturated rings. The standard InChI is InChI=1S/C14H25NO4/c1-14(2,3)7-11(13(17)18)8-15-12(16)10-5-4-6-19-9-10/h10-11H,4-9H2,1-3H3,(H,15,16)(H,17,18). The second-order valence-corrected chi connectivity index (χ2v) is 6.46. The summed E-state index contributed by atoms with van der Waals surface area (Å²) in [6.07, 6.45) is 2.26. The zero-order valence-electron chi connectivity index (χ0n) is 12.1. The van der Waals surface area contributed by atoms with Crippen molar-refractivity contribution in [3.8, 4) is 0 Å². The summed E-state index contributed by atoms with van der Waals surface area (Å²) in [7, 11) is 0. The molecule has 5 heteroatoms. The van der Waals surface area contributed by atoms with E-state index in [1.807, 2.05) is 20.8 Å². The number of carboxylic acid groups (broad SMARTS) is 1. The van der Waals surface area contributed by atoms with Crippen LogP contribution in [0.25, 0.3) is 0 Å². The molecule has 1 aliphatic rings. The van der Waals surface area contributed by atoms with Crippen LogP contribution in [0.5, 0.6) is 0 Å². The lowest BCUT2D eigenvalue weighted by Crippen LogP contribution is -2.40. The number of hydrogen-bond acceptors (Lipinski definition) is 3. The zero-order valence-corrected chi connectivity index (χ0v) is 12.1. The van der Waals surface area contributed by atoms with Crippen molar-refractivity contribution in [1.82, 2.24) is 5.32 Å². The molecular weight excluding hydrogens is 246 g/mol. The number of rotatable bonds is 5. The molecule has 19 heavy (non-hydrogen) atoms. The van der Waals surface area contributed by atoms with Gasteiger partial charge in [-0.25, -0.2) is 0 Å². The Hall–Kier alpha value is -1.10. The van der Waals surface area contributed by atoms with Crippen molar-refractivity contribution < 1.29 is 19.4 Å². The van der Waals surface area contributed by atoms with Crippen LogP contribution < -0.4 is 5.32 Å². The molecule has 2 atom stereocenters. The van der Waals surface area contributed by atoms with E-state index in [-0.39, 0.29) is 23.8 Å². The Bertz CT molecular complexity index is 316. The Morgan fingerprint density at radius 2 is 2.11 bits per heavy atom. The molecule has 0 saturated carbocycles. The largest absolute Gasteiger partial charge is 0.481 e. The van der Waals surface area contributed by atoms with Gasteiger partial charge in [0.25, 0.3) is 0 Å². The number of nitrogens with one attached hydrogen (secondary N) is 1. The minimum absolute atomic E-state index is 0.0677. The van der Waals surface area contributed by atoms with Gasteiger partial charge >= 0.3 is 5.97 Å². The molecule has 5 nitrogen and oxygen atoms in total. The summed E-state index contributed by atoms with van der Waals surface area (Å²) in [5, 5.41) is 11.9. The van der Waals surface area contributed by atoms with Crippen molar-refractivity contribution in [2.45, 2.75) is 40.0 Å². The van der Waals surface area contributed by atoms with Crippen LogP contribution in [0.4, 0.5) is 0 Å². The Morgan fingerprint density at radius 3 is 2.58 bits per heavy atom. The van der Waals surface area contributed by atoms with E-state index in [1.165, 1.54) is 0 Å². The summed E-state index contributed by atoms with van der Waals surface area (Å²) in [4.78, 5) is 23.1. The van der Waals surface area contributed by atoms with Gasteiger partial charge in [0.2, 0.25) is 5.91 Å². The average Bonchev–Trinajstić information content (AvgIpc) is 2.33. The molecule has 1 rings (SSSR count). The number of aliphatic carboxylic acids is 1. The Kier molecular flexibility index (Phi) is 5.79. The van der Waals surface area contributed by atoms with Gasteiger partial charge in [-0.05, 0) is 24.7 Å². The summed E-state index contributed by atoms with van der Waals surface area (Å²) in [6.45, 7) is 7.36. The fourth-order valence-electron chi connectivity index (χ4n) is 2.30. The van der Waals surface area contributed by atoms with Crippen LogP contribution in [-0.2, 0) is 14.3 Å². The Labute approximate surface area is 114 Å². The fourth-order valence-corrected chi connectivity index (χ4v) is 2.30. The summed E-state index contributed by atoms with van der Waals surface area (Å²) in [5.41, 5.74) is -0.0677. The first kappa shape index (κ1) is 16.0. The third kappa shape index (κ3) is 6.05. The molecule has 1 aliphatic heterocycles. The minimum atomic E-state index is -0.852. The molecule has 1 saturated heterocycles. The SMILES string of the molecule is CC(C)(C)CC(CNC(=O)C1CCCOC1)C(=O)O. The molecule has 0 aliphatic carbocycles. The first-order chi connectivity index (χ1) is 8.79. The van der Waals surface area contributed by atoms with E-state index < -0.39 is 11.9 Å². The molecule has 0 radical (unpaired) electrons. The number of carbonyl (C=O) groups excluding carboxylic acids is 1. The van der Waals surface area contributed by atoms with E-state index in [4.69, 9.17) is 4.74 Å². The normalized spacial score (nSPS) is 21.7. The van der Waals surface area contributed by atoms with Crippen LogP contribution in [0, 0.1) is 17.3 Å². The van der Waals surface area contributed by atoms with Crippen LogP contribution in [0.15, 0.2) is 0 Å². The fraction of sp³-hybridized carbons (Fsp3) is 0.857. The number of hydrogen-bond donors (Lipinski definition) is 2. The average molecular weight is 271 g/mol. The molecule has 0 aromatic carbocycles. The Balaban J connectivity index is 2.42. The highest BCUT2D eigenvalue weighted by Gasteiger charge is 2.27. The number of amides is 1. The lowest BCUT2D eigenvalue weighted by atomic mass is 9.84. The number of carbonyl (C=O) groups is 2.